The summed E-state index contributed by atoms with van der Waals surface area (Å²) in [6, 6.07) is 0. The standard InChI is InChI=1S/C14H23N5/c1-4-10-11(5-2)17-18-14(12(10)13(15)16)19(3)8-9-6-7-9/h9H,4-8H2,1-3H3,(H3,15,16). The van der Waals surface area contributed by atoms with Crippen LogP contribution in [0.4, 0.5) is 5.82 Å². The van der Waals surface area contributed by atoms with Gasteiger partial charge in [0.2, 0.25) is 0 Å². The molecule has 0 radical (unpaired) electrons. The smallest absolute Gasteiger partial charge is 0.162 e. The van der Waals surface area contributed by atoms with E-state index in [9.17, 15) is 0 Å². The summed E-state index contributed by atoms with van der Waals surface area (Å²) in [7, 11) is 2.01. The molecule has 3 N–H and O–H groups in total. The van der Waals surface area contributed by atoms with Gasteiger partial charge in [0.1, 0.15) is 5.84 Å². The van der Waals surface area contributed by atoms with Crippen LogP contribution in [0.2, 0.25) is 0 Å². The highest BCUT2D eigenvalue weighted by atomic mass is 15.3. The van der Waals surface area contributed by atoms with Gasteiger partial charge in [0.25, 0.3) is 0 Å². The number of aromatic nitrogens is 2. The number of rotatable bonds is 6. The van der Waals surface area contributed by atoms with Crippen LogP contribution in [0.5, 0.6) is 0 Å². The van der Waals surface area contributed by atoms with Crippen molar-refractivity contribution in [2.75, 3.05) is 18.5 Å². The summed E-state index contributed by atoms with van der Waals surface area (Å²) in [5, 5.41) is 16.5. The number of hydrogen-bond acceptors (Lipinski definition) is 4. The predicted molar refractivity (Wildman–Crippen MR) is 77.8 cm³/mol. The van der Waals surface area contributed by atoms with Gasteiger partial charge in [0.15, 0.2) is 5.82 Å². The van der Waals surface area contributed by atoms with Crippen molar-refractivity contribution in [1.29, 1.82) is 5.41 Å². The summed E-state index contributed by atoms with van der Waals surface area (Å²) in [5.74, 6) is 1.62. The van der Waals surface area contributed by atoms with E-state index in [4.69, 9.17) is 11.1 Å². The van der Waals surface area contributed by atoms with Gasteiger partial charge in [-0.05, 0) is 37.2 Å². The van der Waals surface area contributed by atoms with Gasteiger partial charge in [-0.15, -0.1) is 5.10 Å². The van der Waals surface area contributed by atoms with E-state index in [1.165, 1.54) is 12.8 Å². The maximum absolute atomic E-state index is 7.87. The number of aryl methyl sites for hydroxylation is 1. The third kappa shape index (κ3) is 2.85. The highest BCUT2D eigenvalue weighted by molar-refractivity contribution is 6.01. The molecular weight excluding hydrogens is 238 g/mol. The van der Waals surface area contributed by atoms with E-state index in [-0.39, 0.29) is 5.84 Å². The number of anilines is 1. The monoisotopic (exact) mass is 261 g/mol. The van der Waals surface area contributed by atoms with E-state index in [1.807, 2.05) is 7.05 Å². The Hall–Kier alpha value is -1.65. The molecule has 0 amide bonds. The van der Waals surface area contributed by atoms with E-state index in [2.05, 4.69) is 28.9 Å². The van der Waals surface area contributed by atoms with Crippen LogP contribution in [0, 0.1) is 11.3 Å². The largest absolute Gasteiger partial charge is 0.384 e. The van der Waals surface area contributed by atoms with Gasteiger partial charge in [-0.25, -0.2) is 0 Å². The molecule has 1 fully saturated rings. The van der Waals surface area contributed by atoms with Crippen LogP contribution in [-0.4, -0.2) is 29.6 Å². The number of amidine groups is 1. The first-order valence-corrected chi connectivity index (χ1v) is 7.02. The molecule has 5 heteroatoms. The molecular formula is C14H23N5. The molecule has 1 saturated carbocycles. The van der Waals surface area contributed by atoms with E-state index >= 15 is 0 Å². The molecule has 104 valence electrons. The van der Waals surface area contributed by atoms with Crippen molar-refractivity contribution < 1.29 is 0 Å². The van der Waals surface area contributed by atoms with Crippen molar-refractivity contribution >= 4 is 11.7 Å². The van der Waals surface area contributed by atoms with Crippen LogP contribution in [0.25, 0.3) is 0 Å². The maximum atomic E-state index is 7.87. The van der Waals surface area contributed by atoms with Gasteiger partial charge in [-0.2, -0.15) is 5.10 Å². The third-order valence-corrected chi connectivity index (χ3v) is 3.69. The summed E-state index contributed by atoms with van der Waals surface area (Å²) in [6.45, 7) is 5.11. The maximum Gasteiger partial charge on any atom is 0.162 e. The summed E-state index contributed by atoms with van der Waals surface area (Å²) in [6.07, 6.45) is 4.24. The molecule has 0 spiro atoms. The molecule has 5 nitrogen and oxygen atoms in total. The van der Waals surface area contributed by atoms with E-state index in [0.717, 1.165) is 47.9 Å². The molecule has 1 aliphatic rings. The molecule has 1 heterocycles. The summed E-state index contributed by atoms with van der Waals surface area (Å²) in [5.41, 5.74) is 8.59. The van der Waals surface area contributed by atoms with Crippen molar-refractivity contribution in [3.63, 3.8) is 0 Å². The summed E-state index contributed by atoms with van der Waals surface area (Å²) >= 11 is 0. The number of nitrogens with two attached hydrogens (primary N) is 1. The number of hydrogen-bond donors (Lipinski definition) is 2. The van der Waals surface area contributed by atoms with Gasteiger partial charge in [0, 0.05) is 13.6 Å². The molecule has 0 bridgehead atoms. The molecule has 1 aromatic rings. The topological polar surface area (TPSA) is 78.9 Å². The average molecular weight is 261 g/mol. The Balaban J connectivity index is 2.43. The molecule has 0 atom stereocenters. The van der Waals surface area contributed by atoms with Crippen LogP contribution in [0.1, 0.15) is 43.5 Å². The minimum Gasteiger partial charge on any atom is -0.384 e. The van der Waals surface area contributed by atoms with Gasteiger partial charge < -0.3 is 10.6 Å². The molecule has 0 aromatic carbocycles. The second kappa shape index (κ2) is 5.55. The zero-order valence-corrected chi connectivity index (χ0v) is 12.0. The van der Waals surface area contributed by atoms with Crippen LogP contribution >= 0.6 is 0 Å². The SMILES string of the molecule is CCc1nnc(N(C)CC2CC2)c(C(=N)N)c1CC. The fourth-order valence-corrected chi connectivity index (χ4v) is 2.49. The molecule has 0 aliphatic heterocycles. The first kappa shape index (κ1) is 13.8. The van der Waals surface area contributed by atoms with Gasteiger partial charge >= 0.3 is 0 Å². The first-order chi connectivity index (χ1) is 9.08. The van der Waals surface area contributed by atoms with E-state index in [1.54, 1.807) is 0 Å². The van der Waals surface area contributed by atoms with Gasteiger partial charge in [-0.3, -0.25) is 5.41 Å². The highest BCUT2D eigenvalue weighted by Gasteiger charge is 2.26. The van der Waals surface area contributed by atoms with Gasteiger partial charge in [-0.1, -0.05) is 13.8 Å². The molecule has 0 saturated heterocycles. The average Bonchev–Trinajstić information content (AvgIpc) is 3.20. The summed E-state index contributed by atoms with van der Waals surface area (Å²) in [4.78, 5) is 2.10. The predicted octanol–water partition coefficient (Wildman–Crippen LogP) is 1.73. The Morgan fingerprint density at radius 2 is 2.00 bits per heavy atom. The van der Waals surface area contributed by atoms with Gasteiger partial charge in [0.05, 0.1) is 11.3 Å². The van der Waals surface area contributed by atoms with E-state index in [0.29, 0.717) is 0 Å². The Bertz CT molecular complexity index is 479. The number of nitrogen functional groups attached to an aromatic ring is 1. The lowest BCUT2D eigenvalue weighted by Gasteiger charge is -2.22. The Kier molecular flexibility index (Phi) is 4.02. The number of nitrogens with zero attached hydrogens (tertiary/aromatic N) is 3. The zero-order valence-electron chi connectivity index (χ0n) is 12.0. The quantitative estimate of drug-likeness (QED) is 0.604. The van der Waals surface area contributed by atoms with Crippen LogP contribution in [0.15, 0.2) is 0 Å². The minimum absolute atomic E-state index is 0.0964. The molecule has 19 heavy (non-hydrogen) atoms. The van der Waals surface area contributed by atoms with Crippen molar-refractivity contribution in [2.24, 2.45) is 11.7 Å². The highest BCUT2D eigenvalue weighted by Crippen LogP contribution is 2.31. The molecule has 2 rings (SSSR count). The summed E-state index contributed by atoms with van der Waals surface area (Å²) < 4.78 is 0. The van der Waals surface area contributed by atoms with Crippen molar-refractivity contribution in [1.82, 2.24) is 10.2 Å². The minimum atomic E-state index is 0.0964. The lowest BCUT2D eigenvalue weighted by atomic mass is 10.0. The van der Waals surface area contributed by atoms with Crippen LogP contribution in [-0.2, 0) is 12.8 Å². The lowest BCUT2D eigenvalue weighted by Crippen LogP contribution is -2.28. The zero-order chi connectivity index (χ0) is 14.0. The van der Waals surface area contributed by atoms with Crippen LogP contribution in [0.3, 0.4) is 0 Å². The normalized spacial score (nSPS) is 14.5. The van der Waals surface area contributed by atoms with Crippen molar-refractivity contribution in [2.45, 2.75) is 39.5 Å². The Morgan fingerprint density at radius 3 is 2.47 bits per heavy atom. The fraction of sp³-hybridized carbons (Fsp3) is 0.643. The first-order valence-electron chi connectivity index (χ1n) is 7.02. The number of nitrogens with one attached hydrogen (secondary N) is 1. The lowest BCUT2D eigenvalue weighted by molar-refractivity contribution is 0.756. The fourth-order valence-electron chi connectivity index (χ4n) is 2.49. The van der Waals surface area contributed by atoms with E-state index < -0.39 is 0 Å². The second-order valence-electron chi connectivity index (χ2n) is 5.27. The van der Waals surface area contributed by atoms with Crippen molar-refractivity contribution in [3.8, 4) is 0 Å². The van der Waals surface area contributed by atoms with Crippen molar-refractivity contribution in [3.05, 3.63) is 16.8 Å². The molecule has 1 aliphatic carbocycles. The Labute approximate surface area is 114 Å². The second-order valence-corrected chi connectivity index (χ2v) is 5.27. The third-order valence-electron chi connectivity index (χ3n) is 3.69. The van der Waals surface area contributed by atoms with Crippen LogP contribution < -0.4 is 10.6 Å². The molecule has 1 aromatic heterocycles. The Morgan fingerprint density at radius 1 is 1.32 bits per heavy atom. The molecule has 0 unspecified atom stereocenters.